The highest BCUT2D eigenvalue weighted by Crippen LogP contribution is 2.23. The Hall–Kier alpha value is -1.06. The second kappa shape index (κ2) is 8.13. The number of rotatable bonds is 9. The lowest BCUT2D eigenvalue weighted by Gasteiger charge is -2.18. The van der Waals surface area contributed by atoms with E-state index in [-0.39, 0.29) is 6.42 Å². The van der Waals surface area contributed by atoms with Gasteiger partial charge in [-0.05, 0) is 12.3 Å². The Morgan fingerprint density at radius 2 is 1.81 bits per heavy atom. The molecule has 0 aromatic carbocycles. The van der Waals surface area contributed by atoms with Crippen LogP contribution in [0.2, 0.25) is 0 Å². The smallest absolute Gasteiger partial charge is 0.307 e. The van der Waals surface area contributed by atoms with E-state index < -0.39 is 17.9 Å². The molecule has 2 N–H and O–H groups in total. The van der Waals surface area contributed by atoms with Gasteiger partial charge in [-0.3, -0.25) is 9.59 Å². The average Bonchev–Trinajstić information content (AvgIpc) is 2.21. The molecule has 0 aliphatic heterocycles. The molecule has 0 radical (unpaired) electrons. The molecule has 0 rings (SSSR count). The zero-order valence-corrected chi connectivity index (χ0v) is 10.1. The van der Waals surface area contributed by atoms with Crippen LogP contribution in [0.5, 0.6) is 0 Å². The third-order valence-electron chi connectivity index (χ3n) is 2.93. The molecule has 0 aliphatic rings. The highest BCUT2D eigenvalue weighted by atomic mass is 16.4. The van der Waals surface area contributed by atoms with E-state index in [0.29, 0.717) is 12.3 Å². The second-order valence-electron chi connectivity index (χ2n) is 4.29. The Balaban J connectivity index is 4.22. The van der Waals surface area contributed by atoms with E-state index in [1.165, 1.54) is 0 Å². The van der Waals surface area contributed by atoms with E-state index in [0.717, 1.165) is 25.7 Å². The quantitative estimate of drug-likeness (QED) is 0.638. The van der Waals surface area contributed by atoms with Crippen molar-refractivity contribution >= 4 is 11.9 Å². The van der Waals surface area contributed by atoms with Crippen LogP contribution in [-0.2, 0) is 9.59 Å². The van der Waals surface area contributed by atoms with E-state index in [1.54, 1.807) is 0 Å². The molecule has 0 aliphatic carbocycles. The molecular weight excluding hydrogens is 208 g/mol. The van der Waals surface area contributed by atoms with Gasteiger partial charge in [-0.15, -0.1) is 0 Å². The van der Waals surface area contributed by atoms with Crippen molar-refractivity contribution in [2.45, 2.75) is 52.4 Å². The molecule has 0 aromatic rings. The third-order valence-corrected chi connectivity index (χ3v) is 2.93. The van der Waals surface area contributed by atoms with Crippen LogP contribution in [0.15, 0.2) is 0 Å². The summed E-state index contributed by atoms with van der Waals surface area (Å²) in [5, 5.41) is 17.6. The zero-order valence-electron chi connectivity index (χ0n) is 10.1. The lowest BCUT2D eigenvalue weighted by atomic mass is 9.87. The summed E-state index contributed by atoms with van der Waals surface area (Å²) in [6, 6.07) is 0. The summed E-state index contributed by atoms with van der Waals surface area (Å²) in [5.74, 6) is -2.42. The maximum absolute atomic E-state index is 10.9. The van der Waals surface area contributed by atoms with Gasteiger partial charge in [0.2, 0.25) is 0 Å². The van der Waals surface area contributed by atoms with Gasteiger partial charge in [0.15, 0.2) is 0 Å². The molecule has 2 unspecified atom stereocenters. The van der Waals surface area contributed by atoms with Crippen molar-refractivity contribution in [2.24, 2.45) is 11.8 Å². The minimum atomic E-state index is -1.03. The van der Waals surface area contributed by atoms with Crippen molar-refractivity contribution in [1.29, 1.82) is 0 Å². The molecule has 4 nitrogen and oxygen atoms in total. The third kappa shape index (κ3) is 6.43. The van der Waals surface area contributed by atoms with Crippen LogP contribution in [0.4, 0.5) is 0 Å². The maximum atomic E-state index is 10.9. The molecule has 0 saturated heterocycles. The first-order chi connectivity index (χ1) is 7.51. The SMILES string of the molecule is CCCCC(CC)CC(CC(=O)O)C(=O)O. The monoisotopic (exact) mass is 230 g/mol. The van der Waals surface area contributed by atoms with E-state index in [2.05, 4.69) is 6.92 Å². The molecule has 0 amide bonds. The van der Waals surface area contributed by atoms with Gasteiger partial charge >= 0.3 is 11.9 Å². The van der Waals surface area contributed by atoms with Crippen LogP contribution < -0.4 is 0 Å². The molecule has 4 heteroatoms. The molecule has 0 saturated carbocycles. The summed E-state index contributed by atoms with van der Waals surface area (Å²) >= 11 is 0. The van der Waals surface area contributed by atoms with E-state index >= 15 is 0 Å². The number of hydrogen-bond acceptors (Lipinski definition) is 2. The predicted molar refractivity (Wildman–Crippen MR) is 61.3 cm³/mol. The maximum Gasteiger partial charge on any atom is 0.307 e. The van der Waals surface area contributed by atoms with Gasteiger partial charge in [-0.1, -0.05) is 39.5 Å². The van der Waals surface area contributed by atoms with Crippen LogP contribution in [0.1, 0.15) is 52.4 Å². The first-order valence-corrected chi connectivity index (χ1v) is 5.95. The number of carboxylic acids is 2. The summed E-state index contributed by atoms with van der Waals surface area (Å²) in [7, 11) is 0. The Bertz CT molecular complexity index is 225. The highest BCUT2D eigenvalue weighted by molar-refractivity contribution is 5.77. The van der Waals surface area contributed by atoms with Crippen LogP contribution in [0.3, 0.4) is 0 Å². The Morgan fingerprint density at radius 1 is 1.19 bits per heavy atom. The van der Waals surface area contributed by atoms with Gasteiger partial charge in [-0.25, -0.2) is 0 Å². The van der Waals surface area contributed by atoms with Crippen molar-refractivity contribution in [3.8, 4) is 0 Å². The largest absolute Gasteiger partial charge is 0.481 e. The number of carboxylic acid groups (broad SMARTS) is 2. The zero-order chi connectivity index (χ0) is 12.6. The van der Waals surface area contributed by atoms with Crippen molar-refractivity contribution in [1.82, 2.24) is 0 Å². The first kappa shape index (κ1) is 14.9. The number of unbranched alkanes of at least 4 members (excludes halogenated alkanes) is 1. The average molecular weight is 230 g/mol. The second-order valence-corrected chi connectivity index (χ2v) is 4.29. The molecule has 0 fully saturated rings. The van der Waals surface area contributed by atoms with E-state index in [9.17, 15) is 9.59 Å². The first-order valence-electron chi connectivity index (χ1n) is 5.95. The molecule has 2 atom stereocenters. The van der Waals surface area contributed by atoms with Crippen LogP contribution >= 0.6 is 0 Å². The summed E-state index contributed by atoms with van der Waals surface area (Å²) in [5.41, 5.74) is 0. The fraction of sp³-hybridized carbons (Fsp3) is 0.833. The van der Waals surface area contributed by atoms with Crippen LogP contribution in [-0.4, -0.2) is 22.2 Å². The Morgan fingerprint density at radius 3 is 2.19 bits per heavy atom. The fourth-order valence-electron chi connectivity index (χ4n) is 1.87. The summed E-state index contributed by atoms with van der Waals surface area (Å²) in [4.78, 5) is 21.4. The summed E-state index contributed by atoms with van der Waals surface area (Å²) < 4.78 is 0. The van der Waals surface area contributed by atoms with E-state index in [1.807, 2.05) is 6.92 Å². The summed E-state index contributed by atoms with van der Waals surface area (Å²) in [6.07, 6.45) is 4.31. The predicted octanol–water partition coefficient (Wildman–Crippen LogP) is 2.77. The van der Waals surface area contributed by atoms with Gasteiger partial charge in [0.1, 0.15) is 0 Å². The molecule has 0 aromatic heterocycles. The minimum absolute atomic E-state index is 0.266. The van der Waals surface area contributed by atoms with Crippen molar-refractivity contribution in [2.75, 3.05) is 0 Å². The van der Waals surface area contributed by atoms with Gasteiger partial charge in [0.05, 0.1) is 12.3 Å². The van der Waals surface area contributed by atoms with Crippen molar-refractivity contribution < 1.29 is 19.8 Å². The van der Waals surface area contributed by atoms with Gasteiger partial charge in [-0.2, -0.15) is 0 Å². The molecular formula is C12H22O4. The minimum Gasteiger partial charge on any atom is -0.481 e. The molecule has 16 heavy (non-hydrogen) atoms. The van der Waals surface area contributed by atoms with Crippen LogP contribution in [0.25, 0.3) is 0 Å². The van der Waals surface area contributed by atoms with Crippen molar-refractivity contribution in [3.63, 3.8) is 0 Å². The lowest BCUT2D eigenvalue weighted by molar-refractivity contribution is -0.148. The number of hydrogen-bond donors (Lipinski definition) is 2. The standard InChI is InChI=1S/C12H22O4/c1-3-5-6-9(4-2)7-10(12(15)16)8-11(13)14/h9-10H,3-8H2,1-2H3,(H,13,14)(H,15,16). The lowest BCUT2D eigenvalue weighted by Crippen LogP contribution is -2.21. The number of aliphatic carboxylic acids is 2. The molecule has 0 bridgehead atoms. The summed E-state index contributed by atoms with van der Waals surface area (Å²) in [6.45, 7) is 4.12. The van der Waals surface area contributed by atoms with Gasteiger partial charge in [0, 0.05) is 0 Å². The van der Waals surface area contributed by atoms with Crippen molar-refractivity contribution in [3.05, 3.63) is 0 Å². The molecule has 94 valence electrons. The Labute approximate surface area is 96.7 Å². The normalized spacial score (nSPS) is 14.4. The van der Waals surface area contributed by atoms with Gasteiger partial charge < -0.3 is 10.2 Å². The number of carbonyl (C=O) groups is 2. The topological polar surface area (TPSA) is 74.6 Å². The Kier molecular flexibility index (Phi) is 7.60. The molecule has 0 heterocycles. The van der Waals surface area contributed by atoms with Gasteiger partial charge in [0.25, 0.3) is 0 Å². The fourth-order valence-corrected chi connectivity index (χ4v) is 1.87. The molecule has 0 spiro atoms. The van der Waals surface area contributed by atoms with Crippen LogP contribution in [0, 0.1) is 11.8 Å². The van der Waals surface area contributed by atoms with E-state index in [4.69, 9.17) is 10.2 Å². The highest BCUT2D eigenvalue weighted by Gasteiger charge is 2.24.